The standard InChI is InChI=1S/C19H23ClN4O2S/c1-26-16-7-6-14(12-15(16)20)22-18(25)13-27-19-21-9-8-17(23-19)24-10-4-2-3-5-11-24/h6-9,12H,2-5,10-11,13H2,1H3,(H,22,25). The van der Waals surface area contributed by atoms with Crippen LogP contribution in [-0.2, 0) is 4.79 Å². The van der Waals surface area contributed by atoms with Gasteiger partial charge in [0, 0.05) is 25.0 Å². The van der Waals surface area contributed by atoms with Crippen molar-refractivity contribution in [2.75, 3.05) is 36.2 Å². The molecule has 0 unspecified atom stereocenters. The number of methoxy groups -OCH3 is 1. The zero-order valence-corrected chi connectivity index (χ0v) is 16.9. The number of carbonyl (C=O) groups excluding carboxylic acids is 1. The molecule has 1 amide bonds. The van der Waals surface area contributed by atoms with E-state index in [4.69, 9.17) is 16.3 Å². The molecule has 0 spiro atoms. The predicted molar refractivity (Wildman–Crippen MR) is 110 cm³/mol. The van der Waals surface area contributed by atoms with Crippen LogP contribution in [0.1, 0.15) is 25.7 Å². The number of nitrogens with one attached hydrogen (secondary N) is 1. The minimum atomic E-state index is -0.134. The molecular formula is C19H23ClN4O2S. The number of ether oxygens (including phenoxy) is 1. The van der Waals surface area contributed by atoms with Crippen LogP contribution in [0, 0.1) is 0 Å². The van der Waals surface area contributed by atoms with E-state index in [0.29, 0.717) is 21.6 Å². The fourth-order valence-corrected chi connectivity index (χ4v) is 3.83. The van der Waals surface area contributed by atoms with Crippen LogP contribution in [0.3, 0.4) is 0 Å². The quantitative estimate of drug-likeness (QED) is 0.571. The van der Waals surface area contributed by atoms with E-state index < -0.39 is 0 Å². The summed E-state index contributed by atoms with van der Waals surface area (Å²) in [6.45, 7) is 2.06. The third-order valence-electron chi connectivity index (χ3n) is 4.32. The van der Waals surface area contributed by atoms with Gasteiger partial charge in [-0.25, -0.2) is 9.97 Å². The zero-order chi connectivity index (χ0) is 19.1. The molecule has 0 radical (unpaired) electrons. The van der Waals surface area contributed by atoms with Gasteiger partial charge in [0.25, 0.3) is 0 Å². The second-order valence-corrected chi connectivity index (χ2v) is 7.63. The lowest BCUT2D eigenvalue weighted by Crippen LogP contribution is -2.25. The van der Waals surface area contributed by atoms with E-state index in [1.54, 1.807) is 31.5 Å². The highest BCUT2D eigenvalue weighted by Gasteiger charge is 2.13. The van der Waals surface area contributed by atoms with Crippen molar-refractivity contribution < 1.29 is 9.53 Å². The summed E-state index contributed by atoms with van der Waals surface area (Å²) >= 11 is 7.41. The summed E-state index contributed by atoms with van der Waals surface area (Å²) < 4.78 is 5.11. The fraction of sp³-hybridized carbons (Fsp3) is 0.421. The van der Waals surface area contributed by atoms with Gasteiger partial charge in [-0.3, -0.25) is 4.79 Å². The Morgan fingerprint density at radius 3 is 2.74 bits per heavy atom. The Hall–Kier alpha value is -1.99. The average Bonchev–Trinajstić information content (AvgIpc) is 2.96. The highest BCUT2D eigenvalue weighted by atomic mass is 35.5. The Morgan fingerprint density at radius 2 is 2.04 bits per heavy atom. The minimum absolute atomic E-state index is 0.134. The predicted octanol–water partition coefficient (Wildman–Crippen LogP) is 4.25. The van der Waals surface area contributed by atoms with Crippen molar-refractivity contribution in [3.63, 3.8) is 0 Å². The smallest absolute Gasteiger partial charge is 0.234 e. The Kier molecular flexibility index (Phi) is 7.18. The summed E-state index contributed by atoms with van der Waals surface area (Å²) in [5.74, 6) is 1.61. The monoisotopic (exact) mass is 406 g/mol. The van der Waals surface area contributed by atoms with Crippen LogP contribution in [0.4, 0.5) is 11.5 Å². The number of hydrogen-bond donors (Lipinski definition) is 1. The maximum atomic E-state index is 12.2. The lowest BCUT2D eigenvalue weighted by molar-refractivity contribution is -0.113. The van der Waals surface area contributed by atoms with Crippen LogP contribution in [-0.4, -0.2) is 41.8 Å². The van der Waals surface area contributed by atoms with Gasteiger partial charge in [-0.1, -0.05) is 36.2 Å². The molecule has 0 bridgehead atoms. The highest BCUT2D eigenvalue weighted by Crippen LogP contribution is 2.27. The Labute approximate surface area is 168 Å². The number of carbonyl (C=O) groups is 1. The van der Waals surface area contributed by atoms with E-state index in [1.165, 1.54) is 37.4 Å². The molecule has 1 saturated heterocycles. The summed E-state index contributed by atoms with van der Waals surface area (Å²) in [5.41, 5.74) is 0.630. The van der Waals surface area contributed by atoms with Gasteiger partial charge in [0.1, 0.15) is 11.6 Å². The van der Waals surface area contributed by atoms with Gasteiger partial charge in [-0.2, -0.15) is 0 Å². The van der Waals surface area contributed by atoms with Crippen molar-refractivity contribution in [1.29, 1.82) is 0 Å². The van der Waals surface area contributed by atoms with Crippen LogP contribution < -0.4 is 15.0 Å². The molecule has 1 N–H and O–H groups in total. The molecule has 8 heteroatoms. The van der Waals surface area contributed by atoms with E-state index >= 15 is 0 Å². The molecule has 0 aliphatic carbocycles. The zero-order valence-electron chi connectivity index (χ0n) is 15.3. The number of hydrogen-bond acceptors (Lipinski definition) is 6. The maximum Gasteiger partial charge on any atom is 0.234 e. The number of aromatic nitrogens is 2. The summed E-state index contributed by atoms with van der Waals surface area (Å²) in [4.78, 5) is 23.4. The number of rotatable bonds is 6. The van der Waals surface area contributed by atoms with Gasteiger partial charge in [0.15, 0.2) is 5.16 Å². The molecule has 0 atom stereocenters. The van der Waals surface area contributed by atoms with Crippen molar-refractivity contribution in [2.45, 2.75) is 30.8 Å². The Morgan fingerprint density at radius 1 is 1.26 bits per heavy atom. The maximum absolute atomic E-state index is 12.2. The second kappa shape index (κ2) is 9.80. The van der Waals surface area contributed by atoms with Crippen molar-refractivity contribution in [3.8, 4) is 5.75 Å². The topological polar surface area (TPSA) is 67.3 Å². The number of benzene rings is 1. The molecule has 1 aromatic carbocycles. The number of thioether (sulfide) groups is 1. The van der Waals surface area contributed by atoms with Crippen LogP contribution >= 0.6 is 23.4 Å². The van der Waals surface area contributed by atoms with E-state index in [2.05, 4.69) is 20.2 Å². The van der Waals surface area contributed by atoms with Crippen molar-refractivity contribution in [1.82, 2.24) is 9.97 Å². The summed E-state index contributed by atoms with van der Waals surface area (Å²) in [6, 6.07) is 7.08. The first kappa shape index (κ1) is 19.8. The minimum Gasteiger partial charge on any atom is -0.495 e. The Balaban J connectivity index is 1.55. The van der Waals surface area contributed by atoms with Crippen LogP contribution in [0.25, 0.3) is 0 Å². The molecule has 1 fully saturated rings. The van der Waals surface area contributed by atoms with Gasteiger partial charge >= 0.3 is 0 Å². The molecule has 144 valence electrons. The molecule has 3 rings (SSSR count). The Bertz CT molecular complexity index is 782. The van der Waals surface area contributed by atoms with Crippen molar-refractivity contribution in [2.24, 2.45) is 0 Å². The summed E-state index contributed by atoms with van der Waals surface area (Å²) in [6.07, 6.45) is 6.70. The van der Waals surface area contributed by atoms with Crippen LogP contribution in [0.2, 0.25) is 5.02 Å². The molecule has 6 nitrogen and oxygen atoms in total. The van der Waals surface area contributed by atoms with Gasteiger partial charge in [0.2, 0.25) is 5.91 Å². The molecule has 2 heterocycles. The summed E-state index contributed by atoms with van der Waals surface area (Å²) in [5, 5.41) is 3.89. The van der Waals surface area contributed by atoms with Gasteiger partial charge in [0.05, 0.1) is 17.9 Å². The third-order valence-corrected chi connectivity index (χ3v) is 5.47. The highest BCUT2D eigenvalue weighted by molar-refractivity contribution is 7.99. The van der Waals surface area contributed by atoms with E-state index in [-0.39, 0.29) is 11.7 Å². The number of halogens is 1. The molecule has 27 heavy (non-hydrogen) atoms. The molecule has 1 aliphatic rings. The van der Waals surface area contributed by atoms with E-state index in [9.17, 15) is 4.79 Å². The number of nitrogens with zero attached hydrogens (tertiary/aromatic N) is 3. The lowest BCUT2D eigenvalue weighted by Gasteiger charge is -2.21. The SMILES string of the molecule is COc1ccc(NC(=O)CSc2nccc(N3CCCCCC3)n2)cc1Cl. The third kappa shape index (κ3) is 5.74. The first-order valence-corrected chi connectivity index (χ1v) is 10.4. The average molecular weight is 407 g/mol. The van der Waals surface area contributed by atoms with E-state index in [0.717, 1.165) is 18.9 Å². The van der Waals surface area contributed by atoms with E-state index in [1.807, 2.05) is 6.07 Å². The first-order chi connectivity index (χ1) is 13.2. The second-order valence-electron chi connectivity index (χ2n) is 6.28. The van der Waals surface area contributed by atoms with Gasteiger partial charge in [-0.15, -0.1) is 0 Å². The molecular weight excluding hydrogens is 384 g/mol. The fourth-order valence-electron chi connectivity index (χ4n) is 2.95. The molecule has 0 saturated carbocycles. The number of anilines is 2. The molecule has 1 aromatic heterocycles. The number of amides is 1. The lowest BCUT2D eigenvalue weighted by atomic mass is 10.2. The summed E-state index contributed by atoms with van der Waals surface area (Å²) in [7, 11) is 1.55. The van der Waals surface area contributed by atoms with Crippen molar-refractivity contribution >= 4 is 40.8 Å². The normalized spacial score (nSPS) is 14.5. The van der Waals surface area contributed by atoms with Crippen LogP contribution in [0.15, 0.2) is 35.6 Å². The molecule has 2 aromatic rings. The van der Waals surface area contributed by atoms with Gasteiger partial charge in [-0.05, 0) is 37.1 Å². The van der Waals surface area contributed by atoms with Crippen LogP contribution in [0.5, 0.6) is 5.75 Å². The van der Waals surface area contributed by atoms with Crippen molar-refractivity contribution in [3.05, 3.63) is 35.5 Å². The largest absolute Gasteiger partial charge is 0.495 e. The van der Waals surface area contributed by atoms with Gasteiger partial charge < -0.3 is 15.0 Å². The molecule has 1 aliphatic heterocycles. The first-order valence-electron chi connectivity index (χ1n) is 9.00.